The van der Waals surface area contributed by atoms with Crippen molar-refractivity contribution in [2.75, 3.05) is 49.1 Å². The molecule has 0 unspecified atom stereocenters. The van der Waals surface area contributed by atoms with Gasteiger partial charge in [0.15, 0.2) is 0 Å². The van der Waals surface area contributed by atoms with Gasteiger partial charge in [-0.3, -0.25) is 4.79 Å². The van der Waals surface area contributed by atoms with Gasteiger partial charge in [-0.15, -0.1) is 0 Å². The highest BCUT2D eigenvalue weighted by Crippen LogP contribution is 2.19. The number of carbonyl (C=O) groups excluding carboxylic acids is 1. The summed E-state index contributed by atoms with van der Waals surface area (Å²) in [6.07, 6.45) is 3.30. The van der Waals surface area contributed by atoms with E-state index in [1.54, 1.807) is 17.3 Å². The van der Waals surface area contributed by atoms with E-state index in [1.807, 2.05) is 13.8 Å². The number of rotatable bonds is 5. The van der Waals surface area contributed by atoms with Crippen LogP contribution in [0.1, 0.15) is 29.8 Å². The molecule has 2 aromatic rings. The van der Waals surface area contributed by atoms with Gasteiger partial charge in [0.2, 0.25) is 5.95 Å². The molecule has 1 fully saturated rings. The SMILES string of the molecule is CCN(CC)C(=O)c1cnc(N2CCN(c3cccc(C)c3)CC2)nc1. The Kier molecular flexibility index (Phi) is 5.71. The highest BCUT2D eigenvalue weighted by Gasteiger charge is 2.20. The molecule has 0 radical (unpaired) electrons. The molecule has 3 rings (SSSR count). The van der Waals surface area contributed by atoms with Crippen molar-refractivity contribution < 1.29 is 4.79 Å². The summed E-state index contributed by atoms with van der Waals surface area (Å²) in [5, 5.41) is 0. The van der Waals surface area contributed by atoms with Crippen molar-refractivity contribution in [2.45, 2.75) is 20.8 Å². The number of nitrogens with zero attached hydrogens (tertiary/aromatic N) is 5. The van der Waals surface area contributed by atoms with E-state index < -0.39 is 0 Å². The Labute approximate surface area is 155 Å². The predicted molar refractivity (Wildman–Crippen MR) is 105 cm³/mol. The highest BCUT2D eigenvalue weighted by atomic mass is 16.2. The molecule has 0 aliphatic carbocycles. The Morgan fingerprint density at radius 3 is 2.23 bits per heavy atom. The molecule has 0 atom stereocenters. The number of hydrogen-bond acceptors (Lipinski definition) is 5. The van der Waals surface area contributed by atoms with Crippen LogP contribution in [-0.2, 0) is 0 Å². The van der Waals surface area contributed by atoms with Gasteiger partial charge < -0.3 is 14.7 Å². The number of aromatic nitrogens is 2. The Morgan fingerprint density at radius 2 is 1.65 bits per heavy atom. The van der Waals surface area contributed by atoms with Gasteiger partial charge in [-0.25, -0.2) is 9.97 Å². The van der Waals surface area contributed by atoms with Crippen molar-refractivity contribution >= 4 is 17.5 Å². The number of hydrogen-bond donors (Lipinski definition) is 0. The summed E-state index contributed by atoms with van der Waals surface area (Å²) < 4.78 is 0. The van der Waals surface area contributed by atoms with E-state index in [9.17, 15) is 4.79 Å². The quantitative estimate of drug-likeness (QED) is 0.827. The van der Waals surface area contributed by atoms with Crippen molar-refractivity contribution in [2.24, 2.45) is 0 Å². The Hall–Kier alpha value is -2.63. The number of aryl methyl sites for hydroxylation is 1. The van der Waals surface area contributed by atoms with E-state index in [4.69, 9.17) is 0 Å². The number of benzene rings is 1. The molecule has 0 N–H and O–H groups in total. The molecular weight excluding hydrogens is 326 g/mol. The van der Waals surface area contributed by atoms with E-state index in [0.717, 1.165) is 26.2 Å². The lowest BCUT2D eigenvalue weighted by Gasteiger charge is -2.36. The molecule has 6 nitrogen and oxygen atoms in total. The molecule has 1 aromatic heterocycles. The monoisotopic (exact) mass is 353 g/mol. The van der Waals surface area contributed by atoms with Crippen molar-refractivity contribution in [3.63, 3.8) is 0 Å². The Bertz CT molecular complexity index is 734. The van der Waals surface area contributed by atoms with Crippen LogP contribution < -0.4 is 9.80 Å². The number of anilines is 2. The lowest BCUT2D eigenvalue weighted by Crippen LogP contribution is -2.47. The molecule has 1 amide bonds. The van der Waals surface area contributed by atoms with Crippen molar-refractivity contribution in [3.05, 3.63) is 47.8 Å². The van der Waals surface area contributed by atoms with Gasteiger partial charge in [0.05, 0.1) is 5.56 Å². The largest absolute Gasteiger partial charge is 0.368 e. The third-order valence-corrected chi connectivity index (χ3v) is 4.87. The average Bonchev–Trinajstić information content (AvgIpc) is 2.69. The van der Waals surface area contributed by atoms with Crippen LogP contribution in [0.25, 0.3) is 0 Å². The van der Waals surface area contributed by atoms with Crippen LogP contribution in [-0.4, -0.2) is 60.0 Å². The van der Waals surface area contributed by atoms with Crippen molar-refractivity contribution in [1.82, 2.24) is 14.9 Å². The smallest absolute Gasteiger partial charge is 0.256 e. The standard InChI is InChI=1S/C20H27N5O/c1-4-23(5-2)19(26)17-14-21-20(22-15-17)25-11-9-24(10-12-25)18-8-6-7-16(3)13-18/h6-8,13-15H,4-5,9-12H2,1-3H3. The fourth-order valence-corrected chi connectivity index (χ4v) is 3.28. The summed E-state index contributed by atoms with van der Waals surface area (Å²) in [5.41, 5.74) is 3.10. The van der Waals surface area contributed by atoms with Crippen LogP contribution in [0.2, 0.25) is 0 Å². The Balaban J connectivity index is 1.62. The summed E-state index contributed by atoms with van der Waals surface area (Å²) in [6.45, 7) is 11.1. The first-order chi connectivity index (χ1) is 12.6. The molecular formula is C20H27N5O. The number of amides is 1. The summed E-state index contributed by atoms with van der Waals surface area (Å²) >= 11 is 0. The van der Waals surface area contributed by atoms with Crippen LogP contribution in [0.3, 0.4) is 0 Å². The van der Waals surface area contributed by atoms with Crippen LogP contribution in [0.4, 0.5) is 11.6 Å². The van der Waals surface area contributed by atoms with Crippen LogP contribution >= 0.6 is 0 Å². The first kappa shape index (κ1) is 18.2. The normalized spacial score (nSPS) is 14.4. The summed E-state index contributed by atoms with van der Waals surface area (Å²) in [6, 6.07) is 8.60. The van der Waals surface area contributed by atoms with Crippen molar-refractivity contribution in [1.29, 1.82) is 0 Å². The fourth-order valence-electron chi connectivity index (χ4n) is 3.28. The minimum atomic E-state index is -0.00850. The maximum atomic E-state index is 12.3. The maximum Gasteiger partial charge on any atom is 0.256 e. The minimum Gasteiger partial charge on any atom is -0.368 e. The topological polar surface area (TPSA) is 52.6 Å². The molecule has 1 aliphatic rings. The zero-order chi connectivity index (χ0) is 18.5. The van der Waals surface area contributed by atoms with E-state index in [2.05, 4.69) is 51.0 Å². The minimum absolute atomic E-state index is 0.00850. The maximum absolute atomic E-state index is 12.3. The summed E-state index contributed by atoms with van der Waals surface area (Å²) in [4.78, 5) is 27.6. The molecule has 0 saturated carbocycles. The van der Waals surface area contributed by atoms with E-state index in [0.29, 0.717) is 24.6 Å². The summed E-state index contributed by atoms with van der Waals surface area (Å²) in [5.74, 6) is 0.691. The van der Waals surface area contributed by atoms with E-state index in [-0.39, 0.29) is 5.91 Å². The first-order valence-electron chi connectivity index (χ1n) is 9.30. The molecule has 1 aliphatic heterocycles. The molecule has 0 bridgehead atoms. The van der Waals surface area contributed by atoms with Crippen LogP contribution in [0, 0.1) is 6.92 Å². The molecule has 2 heterocycles. The van der Waals surface area contributed by atoms with Gasteiger partial charge in [0.1, 0.15) is 0 Å². The van der Waals surface area contributed by atoms with Gasteiger partial charge in [0, 0.05) is 57.3 Å². The van der Waals surface area contributed by atoms with Gasteiger partial charge in [-0.05, 0) is 38.5 Å². The Morgan fingerprint density at radius 1 is 1.04 bits per heavy atom. The van der Waals surface area contributed by atoms with Crippen LogP contribution in [0.15, 0.2) is 36.7 Å². The van der Waals surface area contributed by atoms with Crippen LogP contribution in [0.5, 0.6) is 0 Å². The molecule has 1 aromatic carbocycles. The molecule has 138 valence electrons. The van der Waals surface area contributed by atoms with Gasteiger partial charge >= 0.3 is 0 Å². The average molecular weight is 353 g/mol. The van der Waals surface area contributed by atoms with Gasteiger partial charge in [-0.1, -0.05) is 12.1 Å². The molecule has 1 saturated heterocycles. The van der Waals surface area contributed by atoms with Gasteiger partial charge in [-0.2, -0.15) is 0 Å². The third kappa shape index (κ3) is 3.95. The molecule has 6 heteroatoms. The molecule has 26 heavy (non-hydrogen) atoms. The lowest BCUT2D eigenvalue weighted by atomic mass is 10.2. The number of piperazine rings is 1. The molecule has 0 spiro atoms. The zero-order valence-corrected chi connectivity index (χ0v) is 15.9. The third-order valence-electron chi connectivity index (χ3n) is 4.87. The van der Waals surface area contributed by atoms with Crippen molar-refractivity contribution in [3.8, 4) is 0 Å². The number of carbonyl (C=O) groups is 1. The summed E-state index contributed by atoms with van der Waals surface area (Å²) in [7, 11) is 0. The fraction of sp³-hybridized carbons (Fsp3) is 0.450. The second kappa shape index (κ2) is 8.17. The van der Waals surface area contributed by atoms with E-state index in [1.165, 1.54) is 11.3 Å². The van der Waals surface area contributed by atoms with Gasteiger partial charge in [0.25, 0.3) is 5.91 Å². The zero-order valence-electron chi connectivity index (χ0n) is 15.9. The first-order valence-corrected chi connectivity index (χ1v) is 9.30. The highest BCUT2D eigenvalue weighted by molar-refractivity contribution is 5.93. The second-order valence-corrected chi connectivity index (χ2v) is 6.56. The van der Waals surface area contributed by atoms with E-state index >= 15 is 0 Å². The predicted octanol–water partition coefficient (Wildman–Crippen LogP) is 2.59. The second-order valence-electron chi connectivity index (χ2n) is 6.56. The lowest BCUT2D eigenvalue weighted by molar-refractivity contribution is 0.0772.